The van der Waals surface area contributed by atoms with E-state index in [4.69, 9.17) is 0 Å². The summed E-state index contributed by atoms with van der Waals surface area (Å²) in [5.74, 6) is 0.371. The third-order valence-corrected chi connectivity index (χ3v) is 2.35. The Morgan fingerprint density at radius 2 is 1.82 bits per heavy atom. The van der Waals surface area contributed by atoms with Gasteiger partial charge in [0.15, 0.2) is 0 Å². The SMILES string of the molecule is CC(C)(C)NC(=O)CNCCNC(=O)C1CC1. The minimum absolute atomic E-state index is 0.0222. The largest absolute Gasteiger partial charge is 0.355 e. The first-order valence-corrected chi connectivity index (χ1v) is 6.18. The van der Waals surface area contributed by atoms with Gasteiger partial charge in [0.1, 0.15) is 0 Å². The van der Waals surface area contributed by atoms with Gasteiger partial charge in [-0.15, -0.1) is 0 Å². The van der Waals surface area contributed by atoms with E-state index >= 15 is 0 Å². The van der Waals surface area contributed by atoms with Crippen molar-refractivity contribution in [2.24, 2.45) is 5.92 Å². The van der Waals surface area contributed by atoms with Crippen LogP contribution in [0.15, 0.2) is 0 Å². The highest BCUT2D eigenvalue weighted by molar-refractivity contribution is 5.80. The highest BCUT2D eigenvalue weighted by Crippen LogP contribution is 2.28. The van der Waals surface area contributed by atoms with Crippen molar-refractivity contribution in [2.45, 2.75) is 39.2 Å². The lowest BCUT2D eigenvalue weighted by atomic mass is 10.1. The molecule has 0 aromatic rings. The van der Waals surface area contributed by atoms with Crippen molar-refractivity contribution in [3.05, 3.63) is 0 Å². The average Bonchev–Trinajstić information content (AvgIpc) is 2.96. The van der Waals surface area contributed by atoms with Gasteiger partial charge in [0.2, 0.25) is 11.8 Å². The average molecular weight is 241 g/mol. The molecule has 2 amide bonds. The number of hydrogen-bond donors (Lipinski definition) is 3. The summed E-state index contributed by atoms with van der Waals surface area (Å²) in [5.41, 5.74) is -0.195. The number of amides is 2. The molecule has 0 spiro atoms. The molecule has 0 saturated heterocycles. The second kappa shape index (κ2) is 6.00. The van der Waals surface area contributed by atoms with Gasteiger partial charge in [-0.05, 0) is 33.6 Å². The highest BCUT2D eigenvalue weighted by Gasteiger charge is 2.28. The van der Waals surface area contributed by atoms with Crippen LogP contribution in [0.1, 0.15) is 33.6 Å². The lowest BCUT2D eigenvalue weighted by Gasteiger charge is -2.20. The number of nitrogens with one attached hydrogen (secondary N) is 3. The van der Waals surface area contributed by atoms with Crippen LogP contribution >= 0.6 is 0 Å². The summed E-state index contributed by atoms with van der Waals surface area (Å²) >= 11 is 0. The summed E-state index contributed by atoms with van der Waals surface area (Å²) in [6, 6.07) is 0. The maximum absolute atomic E-state index is 11.4. The Morgan fingerprint density at radius 3 is 2.35 bits per heavy atom. The van der Waals surface area contributed by atoms with Crippen LogP contribution < -0.4 is 16.0 Å². The topological polar surface area (TPSA) is 70.2 Å². The number of hydrogen-bond acceptors (Lipinski definition) is 3. The smallest absolute Gasteiger partial charge is 0.234 e. The van der Waals surface area contributed by atoms with Crippen molar-refractivity contribution in [1.29, 1.82) is 0 Å². The van der Waals surface area contributed by atoms with Crippen LogP contribution in [0, 0.1) is 5.92 Å². The standard InChI is InChI=1S/C12H23N3O2/c1-12(2,3)15-10(16)8-13-6-7-14-11(17)9-4-5-9/h9,13H,4-8H2,1-3H3,(H,14,17)(H,15,16). The van der Waals surface area contributed by atoms with E-state index in [0.29, 0.717) is 13.1 Å². The molecule has 5 heteroatoms. The lowest BCUT2D eigenvalue weighted by Crippen LogP contribution is -2.45. The molecule has 0 bridgehead atoms. The zero-order chi connectivity index (χ0) is 12.9. The molecule has 1 fully saturated rings. The third kappa shape index (κ3) is 6.94. The second-order valence-corrected chi connectivity index (χ2v) is 5.54. The van der Waals surface area contributed by atoms with Crippen molar-refractivity contribution in [1.82, 2.24) is 16.0 Å². The highest BCUT2D eigenvalue weighted by atomic mass is 16.2. The predicted molar refractivity (Wildman–Crippen MR) is 66.5 cm³/mol. The molecule has 0 aromatic heterocycles. The molecule has 1 aliphatic rings. The molecule has 1 saturated carbocycles. The monoisotopic (exact) mass is 241 g/mol. The fourth-order valence-corrected chi connectivity index (χ4v) is 1.43. The minimum Gasteiger partial charge on any atom is -0.355 e. The summed E-state index contributed by atoms with van der Waals surface area (Å²) < 4.78 is 0. The molecule has 3 N–H and O–H groups in total. The van der Waals surface area contributed by atoms with E-state index in [-0.39, 0.29) is 29.8 Å². The number of rotatable bonds is 6. The zero-order valence-corrected chi connectivity index (χ0v) is 10.9. The van der Waals surface area contributed by atoms with Gasteiger partial charge in [-0.1, -0.05) is 0 Å². The fourth-order valence-electron chi connectivity index (χ4n) is 1.43. The van der Waals surface area contributed by atoms with Crippen LogP contribution in [0.25, 0.3) is 0 Å². The van der Waals surface area contributed by atoms with Crippen LogP contribution in [0.4, 0.5) is 0 Å². The van der Waals surface area contributed by atoms with Crippen LogP contribution in [-0.4, -0.2) is 37.0 Å². The van der Waals surface area contributed by atoms with E-state index < -0.39 is 0 Å². The number of carbonyl (C=O) groups is 2. The van der Waals surface area contributed by atoms with Crippen LogP contribution in [-0.2, 0) is 9.59 Å². The first kappa shape index (κ1) is 14.0. The lowest BCUT2D eigenvalue weighted by molar-refractivity contribution is -0.122. The van der Waals surface area contributed by atoms with E-state index in [2.05, 4.69) is 16.0 Å². The van der Waals surface area contributed by atoms with E-state index in [1.165, 1.54) is 0 Å². The summed E-state index contributed by atoms with van der Waals surface area (Å²) in [6.07, 6.45) is 2.04. The van der Waals surface area contributed by atoms with Gasteiger partial charge in [0, 0.05) is 24.5 Å². The van der Waals surface area contributed by atoms with Crippen molar-refractivity contribution >= 4 is 11.8 Å². The Morgan fingerprint density at radius 1 is 1.18 bits per heavy atom. The van der Waals surface area contributed by atoms with Gasteiger partial charge in [-0.25, -0.2) is 0 Å². The minimum atomic E-state index is -0.195. The predicted octanol–water partition coefficient (Wildman–Crippen LogP) is 0.0169. The molecular weight excluding hydrogens is 218 g/mol. The van der Waals surface area contributed by atoms with Gasteiger partial charge >= 0.3 is 0 Å². The molecule has 5 nitrogen and oxygen atoms in total. The Labute approximate surface area is 103 Å². The Kier molecular flexibility index (Phi) is 4.93. The summed E-state index contributed by atoms with van der Waals surface area (Å²) in [5, 5.41) is 8.69. The molecule has 0 heterocycles. The second-order valence-electron chi connectivity index (χ2n) is 5.54. The van der Waals surface area contributed by atoms with Gasteiger partial charge in [0.05, 0.1) is 6.54 Å². The molecule has 1 aliphatic carbocycles. The molecule has 98 valence electrons. The van der Waals surface area contributed by atoms with Crippen LogP contribution in [0.3, 0.4) is 0 Å². The van der Waals surface area contributed by atoms with Gasteiger partial charge < -0.3 is 16.0 Å². The molecule has 17 heavy (non-hydrogen) atoms. The molecule has 0 atom stereocenters. The first-order chi connectivity index (χ1) is 7.88. The van der Waals surface area contributed by atoms with Gasteiger partial charge in [-0.3, -0.25) is 9.59 Å². The Bertz CT molecular complexity index is 280. The zero-order valence-electron chi connectivity index (χ0n) is 10.9. The van der Waals surface area contributed by atoms with Crippen molar-refractivity contribution in [3.8, 4) is 0 Å². The van der Waals surface area contributed by atoms with E-state index in [9.17, 15) is 9.59 Å². The maximum atomic E-state index is 11.4. The van der Waals surface area contributed by atoms with Gasteiger partial charge in [0.25, 0.3) is 0 Å². The van der Waals surface area contributed by atoms with Crippen molar-refractivity contribution in [2.75, 3.05) is 19.6 Å². The summed E-state index contributed by atoms with van der Waals surface area (Å²) in [4.78, 5) is 22.7. The molecule has 1 rings (SSSR count). The van der Waals surface area contributed by atoms with E-state index in [1.54, 1.807) is 0 Å². The van der Waals surface area contributed by atoms with E-state index in [1.807, 2.05) is 20.8 Å². The van der Waals surface area contributed by atoms with Gasteiger partial charge in [-0.2, -0.15) is 0 Å². The quantitative estimate of drug-likeness (QED) is 0.574. The Balaban J connectivity index is 1.96. The van der Waals surface area contributed by atoms with Crippen LogP contribution in [0.2, 0.25) is 0 Å². The van der Waals surface area contributed by atoms with Crippen molar-refractivity contribution < 1.29 is 9.59 Å². The summed E-state index contributed by atoms with van der Waals surface area (Å²) in [6.45, 7) is 7.33. The normalized spacial score (nSPS) is 15.5. The fraction of sp³-hybridized carbons (Fsp3) is 0.833. The van der Waals surface area contributed by atoms with E-state index in [0.717, 1.165) is 12.8 Å². The van der Waals surface area contributed by atoms with Crippen molar-refractivity contribution in [3.63, 3.8) is 0 Å². The third-order valence-electron chi connectivity index (χ3n) is 2.35. The molecule has 0 radical (unpaired) electrons. The Hall–Kier alpha value is -1.10. The summed E-state index contributed by atoms with van der Waals surface area (Å²) in [7, 11) is 0. The first-order valence-electron chi connectivity index (χ1n) is 6.18. The molecular formula is C12H23N3O2. The molecule has 0 unspecified atom stereocenters. The maximum Gasteiger partial charge on any atom is 0.234 e. The molecule has 0 aliphatic heterocycles. The van der Waals surface area contributed by atoms with Crippen LogP contribution in [0.5, 0.6) is 0 Å². The molecule has 0 aromatic carbocycles. The number of carbonyl (C=O) groups excluding carboxylic acids is 2.